The van der Waals surface area contributed by atoms with Crippen molar-refractivity contribution in [2.24, 2.45) is 4.99 Å². The van der Waals surface area contributed by atoms with E-state index in [0.29, 0.717) is 37.2 Å². The first-order chi connectivity index (χ1) is 11.0. The quantitative estimate of drug-likeness (QED) is 0.343. The Labute approximate surface area is 142 Å². The lowest BCUT2D eigenvalue weighted by Crippen LogP contribution is -2.39. The first-order valence-corrected chi connectivity index (χ1v) is 9.12. The summed E-state index contributed by atoms with van der Waals surface area (Å²) in [6.07, 6.45) is 0. The van der Waals surface area contributed by atoms with Crippen LogP contribution >= 0.6 is 11.6 Å². The number of sulfonamides is 1. The number of nitrogens with zero attached hydrogens (tertiary/aromatic N) is 1. The first-order valence-electron chi connectivity index (χ1n) is 7.26. The average Bonchev–Trinajstić information content (AvgIpc) is 2.51. The summed E-state index contributed by atoms with van der Waals surface area (Å²) in [5.41, 5.74) is 0. The summed E-state index contributed by atoms with van der Waals surface area (Å²) in [6, 6.07) is 6.12. The molecule has 0 saturated carbocycles. The number of aliphatic imine (C=N–C) groups is 1. The van der Waals surface area contributed by atoms with E-state index < -0.39 is 10.0 Å². The van der Waals surface area contributed by atoms with Gasteiger partial charge < -0.3 is 15.4 Å². The number of halogens is 1. The Balaban J connectivity index is 2.51. The molecular formula is C14H23ClN4O3S. The monoisotopic (exact) mass is 362 g/mol. The van der Waals surface area contributed by atoms with Gasteiger partial charge in [0.2, 0.25) is 10.0 Å². The minimum atomic E-state index is -3.58. The standard InChI is InChI=1S/C14H23ClN4O3S/c1-3-16-14(18-9-10-22-2)17-7-8-19-23(20,21)13-6-4-5-12(15)11-13/h4-6,11,19H,3,7-10H2,1-2H3,(H2,16,17,18). The SMILES string of the molecule is CCNC(=NCCNS(=O)(=O)c1cccc(Cl)c1)NCCOC. The van der Waals surface area contributed by atoms with E-state index in [1.807, 2.05) is 6.92 Å². The van der Waals surface area contributed by atoms with Gasteiger partial charge in [-0.1, -0.05) is 17.7 Å². The highest BCUT2D eigenvalue weighted by Crippen LogP contribution is 2.14. The minimum Gasteiger partial charge on any atom is -0.383 e. The van der Waals surface area contributed by atoms with Crippen LogP contribution in [0.15, 0.2) is 34.2 Å². The maximum Gasteiger partial charge on any atom is 0.240 e. The molecule has 0 saturated heterocycles. The maximum atomic E-state index is 12.1. The highest BCUT2D eigenvalue weighted by Gasteiger charge is 2.13. The lowest BCUT2D eigenvalue weighted by molar-refractivity contribution is 0.203. The van der Waals surface area contributed by atoms with Crippen molar-refractivity contribution in [1.29, 1.82) is 0 Å². The van der Waals surface area contributed by atoms with Gasteiger partial charge in [-0.05, 0) is 25.1 Å². The van der Waals surface area contributed by atoms with Crippen LogP contribution in [-0.4, -0.2) is 54.3 Å². The second-order valence-electron chi connectivity index (χ2n) is 4.54. The molecule has 9 heteroatoms. The average molecular weight is 363 g/mol. The van der Waals surface area contributed by atoms with Gasteiger partial charge in [0.05, 0.1) is 18.0 Å². The molecule has 0 aliphatic heterocycles. The fourth-order valence-corrected chi connectivity index (χ4v) is 3.00. The van der Waals surface area contributed by atoms with E-state index in [1.54, 1.807) is 19.2 Å². The van der Waals surface area contributed by atoms with Crippen molar-refractivity contribution in [3.63, 3.8) is 0 Å². The molecule has 0 atom stereocenters. The number of hydrogen-bond acceptors (Lipinski definition) is 4. The zero-order chi connectivity index (χ0) is 17.1. The summed E-state index contributed by atoms with van der Waals surface area (Å²) in [7, 11) is -1.96. The Hall–Kier alpha value is -1.35. The van der Waals surface area contributed by atoms with E-state index >= 15 is 0 Å². The van der Waals surface area contributed by atoms with Gasteiger partial charge in [0.15, 0.2) is 5.96 Å². The number of methoxy groups -OCH3 is 1. The molecule has 23 heavy (non-hydrogen) atoms. The Morgan fingerprint density at radius 2 is 2.09 bits per heavy atom. The Morgan fingerprint density at radius 3 is 2.74 bits per heavy atom. The second-order valence-corrected chi connectivity index (χ2v) is 6.74. The molecule has 0 amide bonds. The van der Waals surface area contributed by atoms with Gasteiger partial charge in [-0.15, -0.1) is 0 Å². The predicted octanol–water partition coefficient (Wildman–Crippen LogP) is 0.820. The van der Waals surface area contributed by atoms with E-state index in [0.717, 1.165) is 0 Å². The lowest BCUT2D eigenvalue weighted by atomic mass is 10.4. The van der Waals surface area contributed by atoms with Crippen molar-refractivity contribution in [1.82, 2.24) is 15.4 Å². The van der Waals surface area contributed by atoms with Crippen molar-refractivity contribution in [3.8, 4) is 0 Å². The van der Waals surface area contributed by atoms with E-state index in [9.17, 15) is 8.42 Å². The van der Waals surface area contributed by atoms with Gasteiger partial charge in [-0.25, -0.2) is 13.1 Å². The fourth-order valence-electron chi connectivity index (χ4n) is 1.68. The molecule has 0 heterocycles. The van der Waals surface area contributed by atoms with Gasteiger partial charge >= 0.3 is 0 Å². The minimum absolute atomic E-state index is 0.138. The van der Waals surface area contributed by atoms with Crippen molar-refractivity contribution >= 4 is 27.6 Å². The zero-order valence-corrected chi connectivity index (χ0v) is 14.9. The molecule has 0 unspecified atom stereocenters. The molecule has 3 N–H and O–H groups in total. The molecule has 0 bridgehead atoms. The van der Waals surface area contributed by atoms with Gasteiger partial charge in [0.1, 0.15) is 0 Å². The molecule has 7 nitrogen and oxygen atoms in total. The van der Waals surface area contributed by atoms with Crippen LogP contribution in [0.3, 0.4) is 0 Å². The third kappa shape index (κ3) is 7.65. The molecule has 0 aliphatic carbocycles. The second kappa shape index (κ2) is 10.4. The van der Waals surface area contributed by atoms with Crippen LogP contribution in [0.25, 0.3) is 0 Å². The zero-order valence-electron chi connectivity index (χ0n) is 13.3. The van der Waals surface area contributed by atoms with Crippen molar-refractivity contribution in [2.75, 3.05) is 39.9 Å². The summed E-state index contributed by atoms with van der Waals surface area (Å²) in [5, 5.41) is 6.52. The number of hydrogen-bond donors (Lipinski definition) is 3. The highest BCUT2D eigenvalue weighted by atomic mass is 35.5. The van der Waals surface area contributed by atoms with E-state index in [-0.39, 0.29) is 11.4 Å². The normalized spacial score (nSPS) is 12.2. The molecule has 1 rings (SSSR count). The van der Waals surface area contributed by atoms with Crippen LogP contribution in [0.1, 0.15) is 6.92 Å². The Bertz CT molecular complexity index is 608. The number of benzene rings is 1. The number of guanidine groups is 1. The van der Waals surface area contributed by atoms with E-state index in [4.69, 9.17) is 16.3 Å². The largest absolute Gasteiger partial charge is 0.383 e. The number of nitrogens with one attached hydrogen (secondary N) is 3. The van der Waals surface area contributed by atoms with E-state index in [2.05, 4.69) is 20.3 Å². The molecule has 0 spiro atoms. The predicted molar refractivity (Wildman–Crippen MR) is 92.5 cm³/mol. The van der Waals surface area contributed by atoms with Crippen molar-refractivity contribution in [3.05, 3.63) is 29.3 Å². The summed E-state index contributed by atoms with van der Waals surface area (Å²) < 4.78 is 31.6. The van der Waals surface area contributed by atoms with Crippen LogP contribution in [0, 0.1) is 0 Å². The topological polar surface area (TPSA) is 91.8 Å². The molecule has 1 aromatic carbocycles. The summed E-state index contributed by atoms with van der Waals surface area (Å²) in [4.78, 5) is 4.42. The van der Waals surface area contributed by atoms with Gasteiger partial charge in [0.25, 0.3) is 0 Å². The summed E-state index contributed by atoms with van der Waals surface area (Å²) in [5.74, 6) is 0.617. The van der Waals surface area contributed by atoms with Gasteiger partial charge in [-0.3, -0.25) is 4.99 Å². The molecule has 0 radical (unpaired) electrons. The number of rotatable bonds is 9. The fraction of sp³-hybridized carbons (Fsp3) is 0.500. The highest BCUT2D eigenvalue weighted by molar-refractivity contribution is 7.89. The smallest absolute Gasteiger partial charge is 0.240 e. The third-order valence-corrected chi connectivity index (χ3v) is 4.42. The molecule has 0 aliphatic rings. The molecule has 0 fully saturated rings. The molecule has 1 aromatic rings. The number of ether oxygens (including phenoxy) is 1. The van der Waals surface area contributed by atoms with E-state index in [1.165, 1.54) is 12.1 Å². The van der Waals surface area contributed by atoms with Gasteiger partial charge in [0, 0.05) is 31.8 Å². The van der Waals surface area contributed by atoms with Crippen molar-refractivity contribution in [2.45, 2.75) is 11.8 Å². The van der Waals surface area contributed by atoms with Gasteiger partial charge in [-0.2, -0.15) is 0 Å². The molecule has 0 aromatic heterocycles. The molecular weight excluding hydrogens is 340 g/mol. The lowest BCUT2D eigenvalue weighted by Gasteiger charge is -2.11. The maximum absolute atomic E-state index is 12.1. The van der Waals surface area contributed by atoms with Crippen LogP contribution < -0.4 is 15.4 Å². The van der Waals surface area contributed by atoms with Crippen LogP contribution in [0.5, 0.6) is 0 Å². The Kier molecular flexibility index (Phi) is 8.93. The van der Waals surface area contributed by atoms with Crippen LogP contribution in [-0.2, 0) is 14.8 Å². The van der Waals surface area contributed by atoms with Crippen molar-refractivity contribution < 1.29 is 13.2 Å². The summed E-state index contributed by atoms with van der Waals surface area (Å²) in [6.45, 7) is 4.35. The third-order valence-electron chi connectivity index (χ3n) is 2.72. The van der Waals surface area contributed by atoms with Crippen LogP contribution in [0.4, 0.5) is 0 Å². The first kappa shape index (κ1) is 19.7. The Morgan fingerprint density at radius 1 is 1.30 bits per heavy atom. The summed E-state index contributed by atoms with van der Waals surface area (Å²) >= 11 is 5.81. The molecule has 130 valence electrons. The van der Waals surface area contributed by atoms with Crippen LogP contribution in [0.2, 0.25) is 5.02 Å².